The normalized spacial score (nSPS) is 17.1. The lowest BCUT2D eigenvalue weighted by molar-refractivity contribution is -0.138. The molecule has 0 aromatic heterocycles. The number of rotatable bonds is 4. The van der Waals surface area contributed by atoms with Crippen LogP contribution in [-0.4, -0.2) is 45.2 Å². The number of nitrogens with zero attached hydrogens (tertiary/aromatic N) is 2. The number of piperazine rings is 1. The van der Waals surface area contributed by atoms with E-state index in [1.54, 1.807) is 12.1 Å². The predicted molar refractivity (Wildman–Crippen MR) is 98.5 cm³/mol. The zero-order valence-corrected chi connectivity index (χ0v) is 15.1. The Morgan fingerprint density at radius 1 is 0.962 bits per heavy atom. The standard InChI is InChI=1S/C20H24F3N3/c1-25(2)16-9-7-15(8-10-16)19(26-13-11-24-12-14-26)17-5-3-4-6-18(17)20(21,22)23/h3-10,19,24H,11-14H2,1-2H3. The van der Waals surface area contributed by atoms with E-state index in [2.05, 4.69) is 10.2 Å². The van der Waals surface area contributed by atoms with Crippen LogP contribution in [0.25, 0.3) is 0 Å². The van der Waals surface area contributed by atoms with E-state index in [0.29, 0.717) is 18.7 Å². The quantitative estimate of drug-likeness (QED) is 0.892. The number of benzene rings is 2. The van der Waals surface area contributed by atoms with Crippen molar-refractivity contribution < 1.29 is 13.2 Å². The molecule has 1 saturated heterocycles. The fourth-order valence-corrected chi connectivity index (χ4v) is 3.48. The second kappa shape index (κ2) is 7.68. The molecule has 1 aliphatic heterocycles. The van der Waals surface area contributed by atoms with Gasteiger partial charge in [-0.1, -0.05) is 30.3 Å². The van der Waals surface area contributed by atoms with Gasteiger partial charge in [0.05, 0.1) is 11.6 Å². The Morgan fingerprint density at radius 2 is 1.58 bits per heavy atom. The summed E-state index contributed by atoms with van der Waals surface area (Å²) in [5.74, 6) is 0. The fourth-order valence-electron chi connectivity index (χ4n) is 3.48. The van der Waals surface area contributed by atoms with Crippen LogP contribution >= 0.6 is 0 Å². The van der Waals surface area contributed by atoms with Gasteiger partial charge in [-0.15, -0.1) is 0 Å². The van der Waals surface area contributed by atoms with E-state index in [-0.39, 0.29) is 0 Å². The average molecular weight is 363 g/mol. The Morgan fingerprint density at radius 3 is 2.15 bits per heavy atom. The maximum absolute atomic E-state index is 13.6. The first kappa shape index (κ1) is 18.7. The largest absolute Gasteiger partial charge is 0.416 e. The van der Waals surface area contributed by atoms with Crippen LogP contribution in [0.4, 0.5) is 18.9 Å². The third-order valence-electron chi connectivity index (χ3n) is 4.80. The van der Waals surface area contributed by atoms with E-state index >= 15 is 0 Å². The zero-order valence-electron chi connectivity index (χ0n) is 15.1. The van der Waals surface area contributed by atoms with Gasteiger partial charge >= 0.3 is 6.18 Å². The molecule has 1 heterocycles. The summed E-state index contributed by atoms with van der Waals surface area (Å²) in [4.78, 5) is 4.11. The molecule has 3 nitrogen and oxygen atoms in total. The highest BCUT2D eigenvalue weighted by Gasteiger charge is 2.37. The third kappa shape index (κ3) is 4.02. The van der Waals surface area contributed by atoms with Gasteiger partial charge in [0.2, 0.25) is 0 Å². The zero-order chi connectivity index (χ0) is 18.7. The first-order chi connectivity index (χ1) is 12.4. The summed E-state index contributed by atoms with van der Waals surface area (Å²) in [5, 5.41) is 3.27. The molecule has 26 heavy (non-hydrogen) atoms. The van der Waals surface area contributed by atoms with E-state index in [9.17, 15) is 13.2 Å². The van der Waals surface area contributed by atoms with Crippen molar-refractivity contribution in [2.75, 3.05) is 45.2 Å². The van der Waals surface area contributed by atoms with E-state index in [1.807, 2.05) is 43.3 Å². The van der Waals surface area contributed by atoms with E-state index in [4.69, 9.17) is 0 Å². The van der Waals surface area contributed by atoms with Crippen LogP contribution in [0.15, 0.2) is 48.5 Å². The Labute approximate surface area is 152 Å². The Hall–Kier alpha value is -2.05. The monoisotopic (exact) mass is 363 g/mol. The van der Waals surface area contributed by atoms with Gasteiger partial charge in [-0.2, -0.15) is 13.2 Å². The number of alkyl halides is 3. The topological polar surface area (TPSA) is 18.5 Å². The summed E-state index contributed by atoms with van der Waals surface area (Å²) in [6.07, 6.45) is -4.37. The summed E-state index contributed by atoms with van der Waals surface area (Å²) in [7, 11) is 3.89. The molecule has 3 rings (SSSR count). The summed E-state index contributed by atoms with van der Waals surface area (Å²) < 4.78 is 40.9. The first-order valence-corrected chi connectivity index (χ1v) is 8.76. The first-order valence-electron chi connectivity index (χ1n) is 8.76. The van der Waals surface area contributed by atoms with Gasteiger partial charge in [0.25, 0.3) is 0 Å². The van der Waals surface area contributed by atoms with Gasteiger partial charge in [0.15, 0.2) is 0 Å². The lowest BCUT2D eigenvalue weighted by Gasteiger charge is -2.36. The smallest absolute Gasteiger partial charge is 0.378 e. The Kier molecular flexibility index (Phi) is 5.53. The molecular weight excluding hydrogens is 339 g/mol. The molecule has 1 N–H and O–H groups in total. The highest BCUT2D eigenvalue weighted by Crippen LogP contribution is 2.39. The molecule has 1 fully saturated rings. The van der Waals surface area contributed by atoms with Crippen molar-refractivity contribution in [3.8, 4) is 0 Å². The molecule has 0 saturated carbocycles. The average Bonchev–Trinajstić information content (AvgIpc) is 2.63. The molecule has 2 aromatic rings. The van der Waals surface area contributed by atoms with Gasteiger partial charge in [0, 0.05) is 46.0 Å². The summed E-state index contributed by atoms with van der Waals surface area (Å²) >= 11 is 0. The number of nitrogens with one attached hydrogen (secondary N) is 1. The minimum absolute atomic E-state index is 0.319. The molecule has 0 radical (unpaired) electrons. The van der Waals surface area contributed by atoms with Crippen molar-refractivity contribution in [2.24, 2.45) is 0 Å². The fraction of sp³-hybridized carbons (Fsp3) is 0.400. The molecular formula is C20H24F3N3. The molecule has 0 amide bonds. The summed E-state index contributed by atoms with van der Waals surface area (Å²) in [6.45, 7) is 2.99. The van der Waals surface area contributed by atoms with Crippen LogP contribution in [0.1, 0.15) is 22.7 Å². The molecule has 0 spiro atoms. The van der Waals surface area contributed by atoms with Crippen molar-refractivity contribution in [1.82, 2.24) is 10.2 Å². The van der Waals surface area contributed by atoms with E-state index in [1.165, 1.54) is 12.1 Å². The summed E-state index contributed by atoms with van der Waals surface area (Å²) in [6, 6.07) is 13.3. The molecule has 2 aromatic carbocycles. The number of hydrogen-bond acceptors (Lipinski definition) is 3. The lowest BCUT2D eigenvalue weighted by Crippen LogP contribution is -2.45. The van der Waals surface area contributed by atoms with Crippen LogP contribution in [0.3, 0.4) is 0 Å². The SMILES string of the molecule is CN(C)c1ccc(C(c2ccccc2C(F)(F)F)N2CCNCC2)cc1. The van der Waals surface area contributed by atoms with Crippen LogP contribution in [0.5, 0.6) is 0 Å². The predicted octanol–water partition coefficient (Wildman–Crippen LogP) is 3.77. The Bertz CT molecular complexity index is 720. The molecule has 0 bridgehead atoms. The van der Waals surface area contributed by atoms with Gasteiger partial charge in [-0.3, -0.25) is 4.90 Å². The maximum Gasteiger partial charge on any atom is 0.416 e. The van der Waals surface area contributed by atoms with Gasteiger partial charge < -0.3 is 10.2 Å². The van der Waals surface area contributed by atoms with Crippen molar-refractivity contribution >= 4 is 5.69 Å². The van der Waals surface area contributed by atoms with Crippen molar-refractivity contribution in [3.05, 3.63) is 65.2 Å². The van der Waals surface area contributed by atoms with Gasteiger partial charge in [0.1, 0.15) is 0 Å². The number of anilines is 1. The van der Waals surface area contributed by atoms with Crippen LogP contribution < -0.4 is 10.2 Å². The van der Waals surface area contributed by atoms with Crippen molar-refractivity contribution in [1.29, 1.82) is 0 Å². The highest BCUT2D eigenvalue weighted by molar-refractivity contribution is 5.48. The second-order valence-electron chi connectivity index (χ2n) is 6.76. The molecule has 1 atom stereocenters. The lowest BCUT2D eigenvalue weighted by atomic mass is 9.92. The van der Waals surface area contributed by atoms with Crippen molar-refractivity contribution in [3.63, 3.8) is 0 Å². The van der Waals surface area contributed by atoms with Gasteiger partial charge in [-0.05, 0) is 29.3 Å². The van der Waals surface area contributed by atoms with Crippen LogP contribution in [0, 0.1) is 0 Å². The second-order valence-corrected chi connectivity index (χ2v) is 6.76. The molecule has 6 heteroatoms. The highest BCUT2D eigenvalue weighted by atomic mass is 19.4. The van der Waals surface area contributed by atoms with Gasteiger partial charge in [-0.25, -0.2) is 0 Å². The molecule has 1 aliphatic rings. The van der Waals surface area contributed by atoms with Crippen molar-refractivity contribution in [2.45, 2.75) is 12.2 Å². The molecule has 140 valence electrons. The van der Waals surface area contributed by atoms with Crippen LogP contribution in [-0.2, 0) is 6.18 Å². The minimum atomic E-state index is -4.37. The maximum atomic E-state index is 13.6. The Balaban J connectivity index is 2.07. The molecule has 1 unspecified atom stereocenters. The van der Waals surface area contributed by atoms with E-state index < -0.39 is 17.8 Å². The number of halogens is 3. The summed E-state index contributed by atoms with van der Waals surface area (Å²) in [5.41, 5.74) is 1.67. The minimum Gasteiger partial charge on any atom is -0.378 e. The van der Waals surface area contributed by atoms with Crippen LogP contribution in [0.2, 0.25) is 0 Å². The van der Waals surface area contributed by atoms with E-state index in [0.717, 1.165) is 24.3 Å². The molecule has 0 aliphatic carbocycles. The third-order valence-corrected chi connectivity index (χ3v) is 4.80. The number of hydrogen-bond donors (Lipinski definition) is 1.